The van der Waals surface area contributed by atoms with E-state index in [9.17, 15) is 9.59 Å². The van der Waals surface area contributed by atoms with Gasteiger partial charge in [0.1, 0.15) is 5.56 Å². The fourth-order valence-corrected chi connectivity index (χ4v) is 3.29. The number of unbranched alkanes of at least 4 members (excludes halogenated alkanes) is 1. The minimum Gasteiger partial charge on any atom is -0.365 e. The molecule has 0 atom stereocenters. The van der Waals surface area contributed by atoms with Crippen molar-refractivity contribution < 1.29 is 4.79 Å². The Labute approximate surface area is 156 Å². The Morgan fingerprint density at radius 2 is 2.08 bits per heavy atom. The molecular formula is C19H21ClN4O2. The van der Waals surface area contributed by atoms with E-state index in [0.717, 1.165) is 18.4 Å². The lowest BCUT2D eigenvalue weighted by molar-refractivity contribution is 0.100. The number of aryl methyl sites for hydroxylation is 2. The van der Waals surface area contributed by atoms with Crippen LogP contribution in [0.5, 0.6) is 0 Å². The van der Waals surface area contributed by atoms with Crippen LogP contribution in [0, 0.1) is 6.92 Å². The Hall–Kier alpha value is -2.60. The minimum absolute atomic E-state index is 0.238. The molecule has 0 fully saturated rings. The fraction of sp³-hybridized carbons (Fsp3) is 0.316. The predicted molar refractivity (Wildman–Crippen MR) is 102 cm³/mol. The van der Waals surface area contributed by atoms with Crippen LogP contribution in [-0.4, -0.2) is 20.5 Å². The predicted octanol–water partition coefficient (Wildman–Crippen LogP) is 3.02. The first-order valence-electron chi connectivity index (χ1n) is 8.60. The fourth-order valence-electron chi connectivity index (χ4n) is 3.09. The molecule has 0 bridgehead atoms. The third-order valence-electron chi connectivity index (χ3n) is 4.51. The Bertz CT molecular complexity index is 1040. The van der Waals surface area contributed by atoms with Crippen LogP contribution in [0.2, 0.25) is 5.02 Å². The number of hydrogen-bond donors (Lipinski definition) is 2. The molecule has 0 saturated heterocycles. The van der Waals surface area contributed by atoms with Crippen molar-refractivity contribution in [2.24, 2.45) is 5.73 Å². The number of nitrogens with one attached hydrogen (secondary N) is 1. The minimum atomic E-state index is -0.583. The van der Waals surface area contributed by atoms with Crippen LogP contribution < -0.4 is 11.3 Å². The number of aromatic amines is 1. The average Bonchev–Trinajstić information content (AvgIpc) is 2.96. The second kappa shape index (κ2) is 7.33. The Kier molecular flexibility index (Phi) is 5.13. The van der Waals surface area contributed by atoms with Crippen molar-refractivity contribution in [2.75, 3.05) is 0 Å². The van der Waals surface area contributed by atoms with E-state index in [1.54, 1.807) is 13.0 Å². The number of aromatic nitrogens is 3. The van der Waals surface area contributed by atoms with Crippen LogP contribution in [0.25, 0.3) is 5.65 Å². The number of nitrogens with two attached hydrogens (primary N) is 1. The van der Waals surface area contributed by atoms with E-state index in [1.807, 2.05) is 18.2 Å². The molecule has 7 heteroatoms. The van der Waals surface area contributed by atoms with Gasteiger partial charge in [0.15, 0.2) is 5.65 Å². The zero-order chi connectivity index (χ0) is 18.8. The molecule has 26 heavy (non-hydrogen) atoms. The highest BCUT2D eigenvalue weighted by molar-refractivity contribution is 6.31. The molecule has 1 amide bonds. The van der Waals surface area contributed by atoms with Gasteiger partial charge in [0.25, 0.3) is 11.5 Å². The smallest absolute Gasteiger partial charge is 0.276 e. The van der Waals surface area contributed by atoms with Crippen molar-refractivity contribution in [1.82, 2.24) is 14.6 Å². The van der Waals surface area contributed by atoms with Gasteiger partial charge in [0, 0.05) is 28.4 Å². The number of primary amides is 1. The first-order valence-corrected chi connectivity index (χ1v) is 8.98. The van der Waals surface area contributed by atoms with Gasteiger partial charge in [-0.3, -0.25) is 14.7 Å². The van der Waals surface area contributed by atoms with E-state index in [-0.39, 0.29) is 11.2 Å². The summed E-state index contributed by atoms with van der Waals surface area (Å²) in [6.45, 7) is 3.82. The van der Waals surface area contributed by atoms with Crippen LogP contribution in [0.15, 0.2) is 29.1 Å². The molecule has 3 aromatic rings. The molecule has 0 aliphatic carbocycles. The number of carbonyl (C=O) groups is 1. The molecule has 3 N–H and O–H groups in total. The lowest BCUT2D eigenvalue weighted by atomic mass is 10.0. The van der Waals surface area contributed by atoms with Crippen molar-refractivity contribution in [2.45, 2.75) is 39.5 Å². The number of hydrogen-bond acceptors (Lipinski definition) is 3. The van der Waals surface area contributed by atoms with Crippen LogP contribution in [-0.2, 0) is 12.8 Å². The van der Waals surface area contributed by atoms with Gasteiger partial charge in [-0.25, -0.2) is 9.50 Å². The monoisotopic (exact) mass is 372 g/mol. The Morgan fingerprint density at radius 1 is 1.35 bits per heavy atom. The standard InChI is InChI=1S/C19H21ClN4O2/c1-3-4-9-15-16(17(21)25)18-22-11(2)13(19(26)24(18)23-15)10-12-7-5-6-8-14(12)20/h5-8,23H,3-4,9-10H2,1-2H3,(H2,21,25). The molecule has 3 rings (SSSR count). The van der Waals surface area contributed by atoms with Crippen LogP contribution >= 0.6 is 11.6 Å². The summed E-state index contributed by atoms with van der Waals surface area (Å²) in [5.41, 5.74) is 8.50. The van der Waals surface area contributed by atoms with Crippen molar-refractivity contribution in [3.8, 4) is 0 Å². The molecule has 0 aliphatic heterocycles. The molecule has 136 valence electrons. The van der Waals surface area contributed by atoms with Gasteiger partial charge in [-0.05, 0) is 31.4 Å². The average molecular weight is 373 g/mol. The van der Waals surface area contributed by atoms with Crippen molar-refractivity contribution in [1.29, 1.82) is 0 Å². The van der Waals surface area contributed by atoms with E-state index >= 15 is 0 Å². The van der Waals surface area contributed by atoms with Gasteiger partial charge in [0.2, 0.25) is 0 Å². The van der Waals surface area contributed by atoms with Crippen molar-refractivity contribution in [3.05, 3.63) is 67.7 Å². The summed E-state index contributed by atoms with van der Waals surface area (Å²) in [5, 5.41) is 3.63. The van der Waals surface area contributed by atoms with E-state index < -0.39 is 5.91 Å². The molecule has 0 aliphatic rings. The molecule has 0 spiro atoms. The van der Waals surface area contributed by atoms with Crippen LogP contribution in [0.4, 0.5) is 0 Å². The summed E-state index contributed by atoms with van der Waals surface area (Å²) in [4.78, 5) is 29.5. The number of rotatable bonds is 6. The molecule has 2 aromatic heterocycles. The number of nitrogens with zero attached hydrogens (tertiary/aromatic N) is 2. The number of H-pyrrole nitrogens is 1. The number of halogens is 1. The molecular weight excluding hydrogens is 352 g/mol. The Balaban J connectivity index is 2.17. The van der Waals surface area contributed by atoms with E-state index in [0.29, 0.717) is 40.4 Å². The summed E-state index contributed by atoms with van der Waals surface area (Å²) in [6, 6.07) is 7.39. The number of amides is 1. The van der Waals surface area contributed by atoms with Gasteiger partial charge in [-0.1, -0.05) is 43.1 Å². The molecule has 0 radical (unpaired) electrons. The van der Waals surface area contributed by atoms with Gasteiger partial charge in [-0.15, -0.1) is 0 Å². The van der Waals surface area contributed by atoms with Gasteiger partial charge in [0.05, 0.1) is 0 Å². The highest BCUT2D eigenvalue weighted by Crippen LogP contribution is 2.20. The number of benzene rings is 1. The van der Waals surface area contributed by atoms with Crippen molar-refractivity contribution in [3.63, 3.8) is 0 Å². The molecule has 0 unspecified atom stereocenters. The largest absolute Gasteiger partial charge is 0.365 e. The molecule has 1 aromatic carbocycles. The maximum Gasteiger partial charge on any atom is 0.276 e. The quantitative estimate of drug-likeness (QED) is 0.696. The second-order valence-electron chi connectivity index (χ2n) is 6.34. The lowest BCUT2D eigenvalue weighted by Crippen LogP contribution is -2.23. The topological polar surface area (TPSA) is 93.2 Å². The maximum absolute atomic E-state index is 13.0. The zero-order valence-corrected chi connectivity index (χ0v) is 15.6. The molecule has 2 heterocycles. The molecule has 6 nitrogen and oxygen atoms in total. The van der Waals surface area contributed by atoms with E-state index in [1.165, 1.54) is 4.52 Å². The van der Waals surface area contributed by atoms with Crippen LogP contribution in [0.3, 0.4) is 0 Å². The zero-order valence-electron chi connectivity index (χ0n) is 14.8. The van der Waals surface area contributed by atoms with Gasteiger partial charge < -0.3 is 5.73 Å². The summed E-state index contributed by atoms with van der Waals surface area (Å²) >= 11 is 6.23. The summed E-state index contributed by atoms with van der Waals surface area (Å²) in [6.07, 6.45) is 2.85. The Morgan fingerprint density at radius 3 is 2.73 bits per heavy atom. The van der Waals surface area contributed by atoms with E-state index in [4.69, 9.17) is 17.3 Å². The van der Waals surface area contributed by atoms with E-state index in [2.05, 4.69) is 17.0 Å². The van der Waals surface area contributed by atoms with Crippen LogP contribution in [0.1, 0.15) is 52.6 Å². The summed E-state index contributed by atoms with van der Waals surface area (Å²) in [7, 11) is 0. The third kappa shape index (κ3) is 3.24. The SMILES string of the molecule is CCCCc1[nH]n2c(=O)c(Cc3ccccc3Cl)c(C)nc2c1C(N)=O. The number of fused-ring (bicyclic) bond motifs is 1. The van der Waals surface area contributed by atoms with Gasteiger partial charge in [-0.2, -0.15) is 0 Å². The normalized spacial score (nSPS) is 11.2. The summed E-state index contributed by atoms with van der Waals surface area (Å²) < 4.78 is 1.32. The third-order valence-corrected chi connectivity index (χ3v) is 4.88. The first kappa shape index (κ1) is 18.2. The summed E-state index contributed by atoms with van der Waals surface area (Å²) in [5.74, 6) is -0.583. The molecule has 0 saturated carbocycles. The second-order valence-corrected chi connectivity index (χ2v) is 6.75. The van der Waals surface area contributed by atoms with Gasteiger partial charge >= 0.3 is 0 Å². The lowest BCUT2D eigenvalue weighted by Gasteiger charge is -2.07. The highest BCUT2D eigenvalue weighted by Gasteiger charge is 2.21. The number of carbonyl (C=O) groups excluding carboxylic acids is 1. The maximum atomic E-state index is 13.0. The first-order chi connectivity index (χ1) is 12.4. The van der Waals surface area contributed by atoms with Crippen molar-refractivity contribution >= 4 is 23.2 Å². The highest BCUT2D eigenvalue weighted by atomic mass is 35.5.